The van der Waals surface area contributed by atoms with Gasteiger partial charge in [0.2, 0.25) is 11.8 Å². The summed E-state index contributed by atoms with van der Waals surface area (Å²) in [5.74, 6) is -0.973. The second-order valence-electron chi connectivity index (χ2n) is 8.69. The summed E-state index contributed by atoms with van der Waals surface area (Å²) in [6.07, 6.45) is 2.16. The molecule has 0 bridgehead atoms. The molecule has 7 heteroatoms. The fraction of sp³-hybridized carbons (Fsp3) is 0.269. The fourth-order valence-electron chi connectivity index (χ4n) is 4.23. The zero-order valence-corrected chi connectivity index (χ0v) is 19.1. The molecule has 33 heavy (non-hydrogen) atoms. The smallest absolute Gasteiger partial charge is 0.251 e. The average Bonchev–Trinajstić information content (AvgIpc) is 3.31. The van der Waals surface area contributed by atoms with Gasteiger partial charge in [-0.3, -0.25) is 14.4 Å². The van der Waals surface area contributed by atoms with Crippen LogP contribution in [0, 0.1) is 12.8 Å². The molecule has 168 valence electrons. The van der Waals surface area contributed by atoms with Gasteiger partial charge in [0, 0.05) is 34.3 Å². The molecule has 2 aromatic carbocycles. The third kappa shape index (κ3) is 4.54. The molecule has 5 rings (SSSR count). The Morgan fingerprint density at radius 1 is 1.03 bits per heavy atom. The number of carbonyl (C=O) groups excluding carboxylic acids is 3. The molecule has 2 aliphatic rings. The Hall–Kier alpha value is -3.45. The number of rotatable bonds is 6. The number of hydrogen-bond donors (Lipinski definition) is 2. The summed E-state index contributed by atoms with van der Waals surface area (Å²) in [7, 11) is 0. The molecule has 2 unspecified atom stereocenters. The van der Waals surface area contributed by atoms with Gasteiger partial charge in [0.15, 0.2) is 0 Å². The van der Waals surface area contributed by atoms with Crippen molar-refractivity contribution in [3.8, 4) is 0 Å². The molecule has 1 saturated carbocycles. The monoisotopic (exact) mass is 459 g/mol. The molecule has 6 nitrogen and oxygen atoms in total. The van der Waals surface area contributed by atoms with Crippen molar-refractivity contribution >= 4 is 40.4 Å². The van der Waals surface area contributed by atoms with Crippen LogP contribution in [0.4, 0.5) is 11.4 Å². The molecule has 1 saturated heterocycles. The molecule has 1 aliphatic heterocycles. The number of carbonyl (C=O) groups is 3. The van der Waals surface area contributed by atoms with Crippen molar-refractivity contribution in [1.29, 1.82) is 0 Å². The van der Waals surface area contributed by atoms with E-state index in [0.717, 1.165) is 29.0 Å². The van der Waals surface area contributed by atoms with Gasteiger partial charge in [-0.25, -0.2) is 0 Å². The Bertz CT molecular complexity index is 1190. The van der Waals surface area contributed by atoms with Gasteiger partial charge >= 0.3 is 0 Å². The van der Waals surface area contributed by atoms with Gasteiger partial charge in [0.25, 0.3) is 5.91 Å². The molecule has 2 atom stereocenters. The zero-order valence-electron chi connectivity index (χ0n) is 18.3. The SMILES string of the molecule is Cc1ccc(N2C(=O)CC(C(=O)Nc3cccc(C(=O)NC4CC4)c3)C2c2cccs2)cc1. The summed E-state index contributed by atoms with van der Waals surface area (Å²) in [4.78, 5) is 41.6. The van der Waals surface area contributed by atoms with Gasteiger partial charge in [-0.15, -0.1) is 11.3 Å². The largest absolute Gasteiger partial charge is 0.349 e. The molecule has 2 fully saturated rings. The van der Waals surface area contributed by atoms with Crippen LogP contribution in [-0.2, 0) is 9.59 Å². The van der Waals surface area contributed by atoms with Crippen LogP contribution in [-0.4, -0.2) is 23.8 Å². The van der Waals surface area contributed by atoms with E-state index in [-0.39, 0.29) is 36.2 Å². The molecular weight excluding hydrogens is 434 g/mol. The van der Waals surface area contributed by atoms with Crippen LogP contribution < -0.4 is 15.5 Å². The molecule has 0 spiro atoms. The van der Waals surface area contributed by atoms with Crippen molar-refractivity contribution in [3.63, 3.8) is 0 Å². The summed E-state index contributed by atoms with van der Waals surface area (Å²) < 4.78 is 0. The Morgan fingerprint density at radius 3 is 2.52 bits per heavy atom. The minimum atomic E-state index is -0.540. The van der Waals surface area contributed by atoms with Gasteiger partial charge in [0.1, 0.15) is 0 Å². The number of anilines is 2. The molecular formula is C26H25N3O3S. The maximum Gasteiger partial charge on any atom is 0.251 e. The normalized spacial score (nSPS) is 20.0. The van der Waals surface area contributed by atoms with Crippen molar-refractivity contribution in [2.24, 2.45) is 5.92 Å². The van der Waals surface area contributed by atoms with E-state index < -0.39 is 5.92 Å². The summed E-state index contributed by atoms with van der Waals surface area (Å²) >= 11 is 1.54. The second kappa shape index (κ2) is 8.83. The fourth-order valence-corrected chi connectivity index (χ4v) is 5.11. The third-order valence-corrected chi connectivity index (χ3v) is 7.05. The Balaban J connectivity index is 1.39. The number of benzene rings is 2. The van der Waals surface area contributed by atoms with E-state index in [1.165, 1.54) is 0 Å². The van der Waals surface area contributed by atoms with Crippen molar-refractivity contribution in [3.05, 3.63) is 82.0 Å². The van der Waals surface area contributed by atoms with Crippen LogP contribution in [0.5, 0.6) is 0 Å². The summed E-state index contributed by atoms with van der Waals surface area (Å²) in [5, 5.41) is 7.87. The van der Waals surface area contributed by atoms with E-state index in [4.69, 9.17) is 0 Å². The first-order valence-corrected chi connectivity index (χ1v) is 12.0. The number of aryl methyl sites for hydroxylation is 1. The van der Waals surface area contributed by atoms with Crippen LogP contribution in [0.3, 0.4) is 0 Å². The van der Waals surface area contributed by atoms with Gasteiger partial charge in [0.05, 0.1) is 12.0 Å². The molecule has 2 N–H and O–H groups in total. The highest BCUT2D eigenvalue weighted by atomic mass is 32.1. The van der Waals surface area contributed by atoms with Gasteiger partial charge in [-0.1, -0.05) is 29.8 Å². The number of amides is 3. The predicted molar refractivity (Wildman–Crippen MR) is 129 cm³/mol. The first kappa shape index (κ1) is 21.4. The van der Waals surface area contributed by atoms with Crippen molar-refractivity contribution in [2.75, 3.05) is 10.2 Å². The Kier molecular flexibility index (Phi) is 5.72. The third-order valence-electron chi connectivity index (χ3n) is 6.11. The Labute approximate surface area is 196 Å². The van der Waals surface area contributed by atoms with Gasteiger partial charge < -0.3 is 15.5 Å². The predicted octanol–water partition coefficient (Wildman–Crippen LogP) is 4.68. The van der Waals surface area contributed by atoms with Gasteiger partial charge in [-0.05, 0) is 61.5 Å². The van der Waals surface area contributed by atoms with Gasteiger partial charge in [-0.2, -0.15) is 0 Å². The summed E-state index contributed by atoms with van der Waals surface area (Å²) in [5.41, 5.74) is 2.96. The first-order valence-electron chi connectivity index (χ1n) is 11.1. The average molecular weight is 460 g/mol. The van der Waals surface area contributed by atoms with Crippen LogP contribution >= 0.6 is 11.3 Å². The summed E-state index contributed by atoms with van der Waals surface area (Å²) in [6.45, 7) is 2.00. The lowest BCUT2D eigenvalue weighted by atomic mass is 9.97. The lowest BCUT2D eigenvalue weighted by Crippen LogP contribution is -2.32. The molecule has 0 radical (unpaired) electrons. The van der Waals surface area contributed by atoms with E-state index in [1.807, 2.05) is 48.7 Å². The van der Waals surface area contributed by atoms with Crippen molar-refractivity contribution in [1.82, 2.24) is 5.32 Å². The first-order chi connectivity index (χ1) is 16.0. The number of nitrogens with one attached hydrogen (secondary N) is 2. The molecule has 1 aromatic heterocycles. The molecule has 3 amide bonds. The minimum absolute atomic E-state index is 0.0741. The van der Waals surface area contributed by atoms with Crippen molar-refractivity contribution in [2.45, 2.75) is 38.3 Å². The van der Waals surface area contributed by atoms with Crippen LogP contribution in [0.15, 0.2) is 66.0 Å². The van der Waals surface area contributed by atoms with E-state index in [2.05, 4.69) is 10.6 Å². The zero-order chi connectivity index (χ0) is 22.9. The second-order valence-corrected chi connectivity index (χ2v) is 9.67. The number of thiophene rings is 1. The molecule has 3 aromatic rings. The number of hydrogen-bond acceptors (Lipinski definition) is 4. The van der Waals surface area contributed by atoms with Crippen LogP contribution in [0.25, 0.3) is 0 Å². The number of nitrogens with zero attached hydrogens (tertiary/aromatic N) is 1. The standard InChI is InChI=1S/C26H25N3O3S/c1-16-7-11-20(12-8-16)29-23(30)15-21(24(29)22-6-3-13-33-22)26(32)28-19-5-2-4-17(14-19)25(31)27-18-9-10-18/h2-8,11-14,18,21,24H,9-10,15H2,1H3,(H,27,31)(H,28,32). The highest BCUT2D eigenvalue weighted by Gasteiger charge is 2.45. The van der Waals surface area contributed by atoms with Crippen LogP contribution in [0.2, 0.25) is 0 Å². The highest BCUT2D eigenvalue weighted by molar-refractivity contribution is 7.10. The Morgan fingerprint density at radius 2 is 1.82 bits per heavy atom. The quantitative estimate of drug-likeness (QED) is 0.562. The topological polar surface area (TPSA) is 78.5 Å². The van der Waals surface area contributed by atoms with E-state index >= 15 is 0 Å². The maximum atomic E-state index is 13.4. The van der Waals surface area contributed by atoms with Crippen molar-refractivity contribution < 1.29 is 14.4 Å². The molecule has 2 heterocycles. The van der Waals surface area contributed by atoms with Crippen LogP contribution in [0.1, 0.15) is 46.1 Å². The van der Waals surface area contributed by atoms with E-state index in [0.29, 0.717) is 11.3 Å². The summed E-state index contributed by atoms with van der Waals surface area (Å²) in [6, 6.07) is 18.5. The molecule has 1 aliphatic carbocycles. The lowest BCUT2D eigenvalue weighted by molar-refractivity contribution is -0.122. The highest BCUT2D eigenvalue weighted by Crippen LogP contribution is 2.43. The lowest BCUT2D eigenvalue weighted by Gasteiger charge is -2.27. The van der Waals surface area contributed by atoms with E-state index in [1.54, 1.807) is 40.5 Å². The van der Waals surface area contributed by atoms with E-state index in [9.17, 15) is 14.4 Å². The minimum Gasteiger partial charge on any atom is -0.349 e. The maximum absolute atomic E-state index is 13.4.